The standard InChI is InChI=1S/C64H73BN2S/c1-37-29-52-56-53(30-37)67(49-24-23-41(58(2,3)4)55-39-19-17-18-20-54(39)68-57(49)55)51-35-46-44(63(13,14)36-64(46,15)16)33-48(51)65(56)47-32-43-45(62(11,12)28-27-61(43,9)10)34-50(47)66(52)38-21-22-40-42(31-38)60(7,8)26-25-59(40,5)6/h17-24,29-35H,25-28,36H2,1-16H3. The van der Waals surface area contributed by atoms with E-state index in [0.29, 0.717) is 0 Å². The molecule has 12 rings (SSSR count). The van der Waals surface area contributed by atoms with E-state index in [0.717, 1.165) is 6.42 Å². The minimum absolute atomic E-state index is 0.0190. The van der Waals surface area contributed by atoms with Crippen molar-refractivity contribution in [3.63, 3.8) is 0 Å². The van der Waals surface area contributed by atoms with Crippen LogP contribution in [0.4, 0.5) is 34.1 Å². The number of rotatable bonds is 2. The zero-order chi connectivity index (χ0) is 48.2. The summed E-state index contributed by atoms with van der Waals surface area (Å²) < 4.78 is 2.73. The Morgan fingerprint density at radius 1 is 0.485 bits per heavy atom. The first-order chi connectivity index (χ1) is 31.7. The molecule has 0 saturated carbocycles. The molecule has 0 amide bonds. The molecule has 68 heavy (non-hydrogen) atoms. The molecule has 0 unspecified atom stereocenters. The fourth-order valence-corrected chi connectivity index (χ4v) is 15.8. The van der Waals surface area contributed by atoms with E-state index in [1.165, 1.54) is 141 Å². The van der Waals surface area contributed by atoms with Gasteiger partial charge in [0.2, 0.25) is 0 Å². The summed E-state index contributed by atoms with van der Waals surface area (Å²) in [6.45, 7) is 39.4. The number of aryl methyl sites for hydroxylation is 1. The van der Waals surface area contributed by atoms with E-state index in [1.807, 2.05) is 11.3 Å². The maximum atomic E-state index is 2.75. The third-order valence-electron chi connectivity index (χ3n) is 18.3. The molecular formula is C64H73BN2S. The van der Waals surface area contributed by atoms with Gasteiger partial charge in [0.25, 0.3) is 6.71 Å². The first-order valence-corrected chi connectivity index (χ1v) is 26.7. The van der Waals surface area contributed by atoms with Crippen LogP contribution in [0.5, 0.6) is 0 Å². The zero-order valence-corrected chi connectivity index (χ0v) is 44.9. The van der Waals surface area contributed by atoms with Crippen molar-refractivity contribution in [2.75, 3.05) is 9.80 Å². The molecule has 0 fully saturated rings. The van der Waals surface area contributed by atoms with Gasteiger partial charge in [0.05, 0.1) is 10.4 Å². The Morgan fingerprint density at radius 2 is 0.985 bits per heavy atom. The molecule has 348 valence electrons. The average molecular weight is 913 g/mol. The molecule has 0 bridgehead atoms. The third kappa shape index (κ3) is 6.13. The molecule has 0 saturated heterocycles. The second-order valence-corrected chi connectivity index (χ2v) is 28.2. The highest BCUT2D eigenvalue weighted by Gasteiger charge is 2.50. The van der Waals surface area contributed by atoms with Gasteiger partial charge in [-0.15, -0.1) is 11.3 Å². The highest BCUT2D eigenvalue weighted by atomic mass is 32.1. The molecule has 2 nitrogen and oxygen atoms in total. The smallest absolute Gasteiger partial charge is 0.252 e. The van der Waals surface area contributed by atoms with E-state index >= 15 is 0 Å². The van der Waals surface area contributed by atoms with Crippen molar-refractivity contribution >= 4 is 88.7 Å². The Balaban J connectivity index is 1.23. The molecule has 5 aliphatic rings. The summed E-state index contributed by atoms with van der Waals surface area (Å²) in [5, 5.41) is 2.78. The summed E-state index contributed by atoms with van der Waals surface area (Å²) in [6.07, 6.45) is 5.91. The Labute approximate surface area is 412 Å². The quantitative estimate of drug-likeness (QED) is 0.159. The van der Waals surface area contributed by atoms with E-state index < -0.39 is 0 Å². The molecule has 1 aromatic heterocycles. The van der Waals surface area contributed by atoms with E-state index in [9.17, 15) is 0 Å². The molecule has 0 spiro atoms. The summed E-state index contributed by atoms with van der Waals surface area (Å²) in [6, 6.07) is 37.6. The summed E-state index contributed by atoms with van der Waals surface area (Å²) >= 11 is 1.98. The van der Waals surface area contributed by atoms with Gasteiger partial charge in [-0.2, -0.15) is 0 Å². The molecule has 0 radical (unpaired) electrons. The number of hydrogen-bond acceptors (Lipinski definition) is 3. The van der Waals surface area contributed by atoms with E-state index in [1.54, 1.807) is 0 Å². The average Bonchev–Trinajstić information content (AvgIpc) is 3.73. The van der Waals surface area contributed by atoms with Crippen molar-refractivity contribution < 1.29 is 0 Å². The van der Waals surface area contributed by atoms with Crippen LogP contribution in [0.2, 0.25) is 0 Å². The van der Waals surface area contributed by atoms with Crippen LogP contribution in [0.1, 0.15) is 180 Å². The second-order valence-electron chi connectivity index (χ2n) is 27.1. The first kappa shape index (κ1) is 44.4. The minimum Gasteiger partial charge on any atom is -0.311 e. The fraction of sp³-hybridized carbons (Fsp3) is 0.438. The van der Waals surface area contributed by atoms with E-state index in [4.69, 9.17) is 0 Å². The molecule has 3 aliphatic carbocycles. The monoisotopic (exact) mass is 913 g/mol. The number of benzene rings is 6. The van der Waals surface area contributed by atoms with Crippen molar-refractivity contribution in [2.45, 2.75) is 181 Å². The summed E-state index contributed by atoms with van der Waals surface area (Å²) in [5.74, 6) is 0. The van der Waals surface area contributed by atoms with Crippen molar-refractivity contribution in [2.24, 2.45) is 0 Å². The van der Waals surface area contributed by atoms with Crippen molar-refractivity contribution in [1.82, 2.24) is 0 Å². The predicted molar refractivity (Wildman–Crippen MR) is 298 cm³/mol. The number of thiophene rings is 1. The van der Waals surface area contributed by atoms with Gasteiger partial charge in [-0.05, 0) is 186 Å². The molecule has 6 aromatic carbocycles. The number of hydrogen-bond donors (Lipinski definition) is 0. The predicted octanol–water partition coefficient (Wildman–Crippen LogP) is 16.4. The van der Waals surface area contributed by atoms with Crippen LogP contribution in [0, 0.1) is 6.92 Å². The maximum absolute atomic E-state index is 2.75. The lowest BCUT2D eigenvalue weighted by Gasteiger charge is -2.48. The van der Waals surface area contributed by atoms with Gasteiger partial charge in [0.1, 0.15) is 0 Å². The lowest BCUT2D eigenvalue weighted by atomic mass is 9.33. The zero-order valence-electron chi connectivity index (χ0n) is 44.1. The first-order valence-electron chi connectivity index (χ1n) is 25.9. The molecule has 4 heteroatoms. The molecule has 0 atom stereocenters. The lowest BCUT2D eigenvalue weighted by molar-refractivity contribution is 0.332. The van der Waals surface area contributed by atoms with Gasteiger partial charge < -0.3 is 9.80 Å². The van der Waals surface area contributed by atoms with Gasteiger partial charge >= 0.3 is 0 Å². The van der Waals surface area contributed by atoms with Crippen molar-refractivity contribution in [1.29, 1.82) is 0 Å². The third-order valence-corrected chi connectivity index (χ3v) is 19.5. The molecule has 3 heterocycles. The normalized spacial score (nSPS) is 20.7. The van der Waals surface area contributed by atoms with Crippen molar-refractivity contribution in [3.05, 3.63) is 136 Å². The molecule has 0 N–H and O–H groups in total. The highest BCUT2D eigenvalue weighted by molar-refractivity contribution is 7.26. The largest absolute Gasteiger partial charge is 0.311 e. The number of nitrogens with zero attached hydrogens (tertiary/aromatic N) is 2. The Hall–Kier alpha value is -4.80. The summed E-state index contributed by atoms with van der Waals surface area (Å²) in [7, 11) is 0. The van der Waals surface area contributed by atoms with Crippen LogP contribution < -0.4 is 26.2 Å². The van der Waals surface area contributed by atoms with E-state index in [-0.39, 0.29) is 44.6 Å². The Kier molecular flexibility index (Phi) is 8.98. The Bertz CT molecular complexity index is 3340. The molecule has 2 aliphatic heterocycles. The summed E-state index contributed by atoms with van der Waals surface area (Å²) in [5.41, 5.74) is 24.5. The second kappa shape index (κ2) is 13.7. The van der Waals surface area contributed by atoms with Gasteiger partial charge in [0, 0.05) is 43.9 Å². The van der Waals surface area contributed by atoms with Crippen LogP contribution in [0.15, 0.2) is 91.0 Å². The topological polar surface area (TPSA) is 6.48 Å². The van der Waals surface area contributed by atoms with Gasteiger partial charge in [-0.3, -0.25) is 0 Å². The van der Waals surface area contributed by atoms with Crippen LogP contribution >= 0.6 is 11.3 Å². The van der Waals surface area contributed by atoms with E-state index in [2.05, 4.69) is 212 Å². The molecular weight excluding hydrogens is 840 g/mol. The fourth-order valence-electron chi connectivity index (χ4n) is 14.5. The maximum Gasteiger partial charge on any atom is 0.252 e. The van der Waals surface area contributed by atoms with Gasteiger partial charge in [-0.1, -0.05) is 146 Å². The highest BCUT2D eigenvalue weighted by Crippen LogP contribution is 2.56. The van der Waals surface area contributed by atoms with Gasteiger partial charge in [0.15, 0.2) is 0 Å². The van der Waals surface area contributed by atoms with Gasteiger partial charge in [-0.25, -0.2) is 0 Å². The lowest BCUT2D eigenvalue weighted by Crippen LogP contribution is -2.62. The Morgan fingerprint density at radius 3 is 1.59 bits per heavy atom. The van der Waals surface area contributed by atoms with Crippen LogP contribution in [-0.2, 0) is 37.9 Å². The SMILES string of the molecule is Cc1cc2c3c(c1)N(c1ccc(C(C)(C)C)c4c1sc1ccccc14)c1cc4c(cc1B3c1cc3c(cc1N2c1ccc2c(c1)C(C)(C)CCC2(C)C)C(C)(C)CCC3(C)C)C(C)(C)CC4(C)C. The number of anilines is 6. The summed E-state index contributed by atoms with van der Waals surface area (Å²) in [4.78, 5) is 5.48. The minimum atomic E-state index is -0.0190. The van der Waals surface area contributed by atoms with Crippen LogP contribution in [0.25, 0.3) is 20.2 Å². The van der Waals surface area contributed by atoms with Crippen LogP contribution in [-0.4, -0.2) is 6.71 Å². The molecule has 7 aromatic rings. The van der Waals surface area contributed by atoms with Crippen molar-refractivity contribution in [3.8, 4) is 0 Å². The number of fused-ring (bicyclic) bond motifs is 10. The van der Waals surface area contributed by atoms with Crippen LogP contribution in [0.3, 0.4) is 0 Å².